The molecule has 3 aromatic rings. The summed E-state index contributed by atoms with van der Waals surface area (Å²) in [6.45, 7) is 8.05. The number of hydrogen-bond acceptors (Lipinski definition) is 10. The van der Waals surface area contributed by atoms with Crippen molar-refractivity contribution in [3.63, 3.8) is 0 Å². The summed E-state index contributed by atoms with van der Waals surface area (Å²) in [5, 5.41) is 0. The molecule has 0 spiro atoms. The molecule has 0 bridgehead atoms. The molecule has 0 saturated carbocycles. The van der Waals surface area contributed by atoms with Gasteiger partial charge in [-0.3, -0.25) is 14.2 Å². The minimum Gasteiger partial charge on any atom is -0.490 e. The maximum Gasteiger partial charge on any atom is 0.337 e. The van der Waals surface area contributed by atoms with Gasteiger partial charge in [0.05, 0.1) is 47.6 Å². The number of benzene rings is 2. The number of rotatable bonds is 10. The molecule has 0 aliphatic carbocycles. The number of hydrogen-bond donors (Lipinski definition) is 0. The van der Waals surface area contributed by atoms with Crippen LogP contribution in [0.25, 0.3) is 6.08 Å². The molecule has 41 heavy (non-hydrogen) atoms. The van der Waals surface area contributed by atoms with E-state index in [0.29, 0.717) is 62.0 Å². The highest BCUT2D eigenvalue weighted by Gasteiger charge is 2.31. The van der Waals surface area contributed by atoms with Gasteiger partial charge in [0, 0.05) is 13.1 Å². The summed E-state index contributed by atoms with van der Waals surface area (Å²) in [6, 6.07) is 7.90. The summed E-state index contributed by atoms with van der Waals surface area (Å²) >= 11 is 4.61. The molecule has 12 heteroatoms. The summed E-state index contributed by atoms with van der Waals surface area (Å²) < 4.78 is 29.9. The van der Waals surface area contributed by atoms with Gasteiger partial charge in [0.25, 0.3) is 5.56 Å². The average molecular weight is 646 g/mol. The normalized spacial score (nSPS) is 14.4. The lowest BCUT2D eigenvalue weighted by Gasteiger charge is -2.23. The predicted octanol–water partition coefficient (Wildman–Crippen LogP) is 3.90. The predicted molar refractivity (Wildman–Crippen MR) is 157 cm³/mol. The standard InChI is InChI=1S/C29H29BrN2O8S/c1-6-37-21-10-9-18(14-22(21)38-7-2)25-19(28(35)36-5)15-31-29-32(25)27(34)24(41-29)13-17-11-20(30)26(40-16(4)33)23(12-17)39-8-3/h9-15,25H,6-8H2,1-5H3/b24-13+/t25-/m1/s1. The summed E-state index contributed by atoms with van der Waals surface area (Å²) in [7, 11) is 1.28. The van der Waals surface area contributed by atoms with Crippen LogP contribution in [0.4, 0.5) is 0 Å². The third kappa shape index (κ3) is 6.38. The molecular weight excluding hydrogens is 616 g/mol. The van der Waals surface area contributed by atoms with E-state index in [1.165, 1.54) is 36.1 Å². The fourth-order valence-corrected chi connectivity index (χ4v) is 5.83. The first-order valence-electron chi connectivity index (χ1n) is 12.9. The molecule has 0 amide bonds. The van der Waals surface area contributed by atoms with Crippen LogP contribution in [0.3, 0.4) is 0 Å². The van der Waals surface area contributed by atoms with Crippen LogP contribution >= 0.6 is 27.3 Å². The molecule has 0 saturated heterocycles. The monoisotopic (exact) mass is 644 g/mol. The van der Waals surface area contributed by atoms with Crippen LogP contribution in [0.1, 0.15) is 44.9 Å². The SMILES string of the molecule is CCOc1ccc([C@@H]2C(C(=O)OC)=CN=c3s/c(=C/c4cc(Br)c(OC(C)=O)c(OCC)c4)c(=O)n32)cc1OCC. The number of fused-ring (bicyclic) bond motifs is 1. The van der Waals surface area contributed by atoms with Gasteiger partial charge >= 0.3 is 11.9 Å². The minimum atomic E-state index is -0.812. The number of thiazole rings is 1. The van der Waals surface area contributed by atoms with Crippen molar-refractivity contribution in [1.29, 1.82) is 0 Å². The van der Waals surface area contributed by atoms with Crippen LogP contribution in [0.5, 0.6) is 23.0 Å². The van der Waals surface area contributed by atoms with Gasteiger partial charge in [0.2, 0.25) is 0 Å². The lowest BCUT2D eigenvalue weighted by Crippen LogP contribution is -2.39. The number of halogens is 1. The molecule has 2 heterocycles. The Kier molecular flexibility index (Phi) is 9.66. The second-order valence-electron chi connectivity index (χ2n) is 8.60. The van der Waals surface area contributed by atoms with Crippen molar-refractivity contribution in [1.82, 2.24) is 4.57 Å². The van der Waals surface area contributed by atoms with Crippen molar-refractivity contribution in [3.05, 3.63) is 77.4 Å². The van der Waals surface area contributed by atoms with Crippen molar-refractivity contribution < 1.29 is 33.3 Å². The van der Waals surface area contributed by atoms with E-state index >= 15 is 0 Å². The van der Waals surface area contributed by atoms with Gasteiger partial charge in [-0.1, -0.05) is 17.4 Å². The second-order valence-corrected chi connectivity index (χ2v) is 10.5. The second kappa shape index (κ2) is 13.2. The maximum absolute atomic E-state index is 13.9. The van der Waals surface area contributed by atoms with Gasteiger partial charge in [0.1, 0.15) is 0 Å². The Balaban J connectivity index is 1.89. The van der Waals surface area contributed by atoms with Gasteiger partial charge in [0.15, 0.2) is 27.8 Å². The van der Waals surface area contributed by atoms with E-state index in [4.69, 9.17) is 23.7 Å². The Morgan fingerprint density at radius 3 is 2.37 bits per heavy atom. The molecule has 0 fully saturated rings. The highest BCUT2D eigenvalue weighted by atomic mass is 79.9. The Labute approximate surface area is 248 Å². The minimum absolute atomic E-state index is 0.199. The quantitative estimate of drug-likeness (QED) is 0.241. The summed E-state index contributed by atoms with van der Waals surface area (Å²) in [6.07, 6.45) is 3.12. The Morgan fingerprint density at radius 2 is 1.71 bits per heavy atom. The molecule has 1 aromatic heterocycles. The Hall–Kier alpha value is -3.90. The van der Waals surface area contributed by atoms with Gasteiger partial charge in [-0.05, 0) is 78.2 Å². The summed E-state index contributed by atoms with van der Waals surface area (Å²) in [5.74, 6) is 0.557. The summed E-state index contributed by atoms with van der Waals surface area (Å²) in [5.41, 5.74) is 1.11. The number of nitrogens with zero attached hydrogens (tertiary/aromatic N) is 2. The van der Waals surface area contributed by atoms with E-state index in [2.05, 4.69) is 20.9 Å². The fourth-order valence-electron chi connectivity index (χ4n) is 4.32. The van der Waals surface area contributed by atoms with E-state index in [9.17, 15) is 14.4 Å². The zero-order valence-corrected chi connectivity index (χ0v) is 25.6. The van der Waals surface area contributed by atoms with Crippen molar-refractivity contribution in [2.45, 2.75) is 33.7 Å². The van der Waals surface area contributed by atoms with Crippen LogP contribution in [0, 0.1) is 0 Å². The van der Waals surface area contributed by atoms with Crippen LogP contribution in [0.2, 0.25) is 0 Å². The van der Waals surface area contributed by atoms with E-state index in [1.807, 2.05) is 20.8 Å². The number of carbonyl (C=O) groups is 2. The van der Waals surface area contributed by atoms with E-state index in [0.717, 1.165) is 0 Å². The first-order valence-corrected chi connectivity index (χ1v) is 14.5. The number of ether oxygens (including phenoxy) is 5. The van der Waals surface area contributed by atoms with E-state index in [-0.39, 0.29) is 16.9 Å². The first kappa shape index (κ1) is 30.1. The van der Waals surface area contributed by atoms with E-state index < -0.39 is 18.0 Å². The lowest BCUT2D eigenvalue weighted by molar-refractivity contribution is -0.136. The van der Waals surface area contributed by atoms with Gasteiger partial charge < -0.3 is 23.7 Å². The summed E-state index contributed by atoms with van der Waals surface area (Å²) in [4.78, 5) is 43.1. The number of methoxy groups -OCH3 is 1. The molecule has 1 atom stereocenters. The van der Waals surface area contributed by atoms with Gasteiger partial charge in [-0.15, -0.1) is 0 Å². The Morgan fingerprint density at radius 1 is 1.02 bits per heavy atom. The largest absolute Gasteiger partial charge is 0.490 e. The molecule has 4 rings (SSSR count). The maximum atomic E-state index is 13.9. The fraction of sp³-hybridized carbons (Fsp3) is 0.310. The zero-order valence-electron chi connectivity index (χ0n) is 23.2. The van der Waals surface area contributed by atoms with Crippen LogP contribution in [0.15, 0.2) is 56.4 Å². The molecule has 1 aliphatic heterocycles. The van der Waals surface area contributed by atoms with Crippen LogP contribution < -0.4 is 33.8 Å². The van der Waals surface area contributed by atoms with Crippen LogP contribution in [-0.4, -0.2) is 43.4 Å². The highest BCUT2D eigenvalue weighted by molar-refractivity contribution is 9.10. The first-order chi connectivity index (χ1) is 19.7. The molecule has 216 valence electrons. The van der Waals surface area contributed by atoms with Crippen molar-refractivity contribution >= 4 is 45.3 Å². The number of aromatic nitrogens is 1. The topological polar surface area (TPSA) is 115 Å². The van der Waals surface area contributed by atoms with Crippen molar-refractivity contribution in [2.24, 2.45) is 4.99 Å². The molecule has 10 nitrogen and oxygen atoms in total. The van der Waals surface area contributed by atoms with Crippen molar-refractivity contribution in [2.75, 3.05) is 26.9 Å². The van der Waals surface area contributed by atoms with Gasteiger partial charge in [-0.25, -0.2) is 9.79 Å². The van der Waals surface area contributed by atoms with Gasteiger partial charge in [-0.2, -0.15) is 0 Å². The highest BCUT2D eigenvalue weighted by Crippen LogP contribution is 2.38. The number of carbonyl (C=O) groups excluding carboxylic acids is 2. The molecule has 0 radical (unpaired) electrons. The molecule has 2 aromatic carbocycles. The Bertz CT molecular complexity index is 1690. The lowest BCUT2D eigenvalue weighted by atomic mass is 9.97. The molecule has 0 N–H and O–H groups in total. The van der Waals surface area contributed by atoms with E-state index in [1.54, 1.807) is 36.4 Å². The molecular formula is C29H29BrN2O8S. The smallest absolute Gasteiger partial charge is 0.337 e. The molecule has 0 unspecified atom stereocenters. The average Bonchev–Trinajstić information content (AvgIpc) is 3.25. The number of esters is 2. The van der Waals surface area contributed by atoms with Crippen molar-refractivity contribution in [3.8, 4) is 23.0 Å². The third-order valence-electron chi connectivity index (χ3n) is 5.88. The van der Waals surface area contributed by atoms with Crippen LogP contribution in [-0.2, 0) is 14.3 Å². The molecule has 1 aliphatic rings. The third-order valence-corrected chi connectivity index (χ3v) is 7.47. The zero-order chi connectivity index (χ0) is 29.7.